The van der Waals surface area contributed by atoms with Gasteiger partial charge in [0.2, 0.25) is 5.91 Å². The van der Waals surface area contributed by atoms with Gasteiger partial charge in [-0.3, -0.25) is 19.5 Å². The molecule has 2 saturated carbocycles. The lowest BCUT2D eigenvalue weighted by Crippen LogP contribution is -2.43. The first-order valence-corrected chi connectivity index (χ1v) is 12.2. The van der Waals surface area contributed by atoms with E-state index in [0.29, 0.717) is 30.1 Å². The third kappa shape index (κ3) is 3.47. The van der Waals surface area contributed by atoms with E-state index in [2.05, 4.69) is 14.9 Å². The van der Waals surface area contributed by atoms with Crippen molar-refractivity contribution in [3.8, 4) is 0 Å². The minimum Gasteiger partial charge on any atom is -0.332 e. The molecule has 4 aliphatic rings. The number of amides is 1. The maximum atomic E-state index is 13.4. The number of aromatic amines is 1. The number of carbonyl (C=O) groups is 1. The van der Waals surface area contributed by atoms with Gasteiger partial charge in [-0.15, -0.1) is 0 Å². The third-order valence-corrected chi connectivity index (χ3v) is 8.27. The second-order valence-electron chi connectivity index (χ2n) is 10.2. The van der Waals surface area contributed by atoms with Gasteiger partial charge in [0.1, 0.15) is 5.82 Å². The Bertz CT molecular complexity index is 1080. The van der Waals surface area contributed by atoms with E-state index < -0.39 is 0 Å². The van der Waals surface area contributed by atoms with Crippen molar-refractivity contribution in [3.63, 3.8) is 0 Å². The Morgan fingerprint density at radius 3 is 2.75 bits per heavy atom. The largest absolute Gasteiger partial charge is 0.332 e. The molecule has 0 aromatic carbocycles. The summed E-state index contributed by atoms with van der Waals surface area (Å²) in [6.07, 6.45) is 12.1. The van der Waals surface area contributed by atoms with Crippen molar-refractivity contribution in [2.75, 3.05) is 13.1 Å². The lowest BCUT2D eigenvalue weighted by molar-refractivity contribution is -0.138. The molecule has 2 aromatic heterocycles. The lowest BCUT2D eigenvalue weighted by atomic mass is 9.79. The molecule has 0 bridgehead atoms. The summed E-state index contributed by atoms with van der Waals surface area (Å²) in [5.41, 5.74) is 3.21. The summed E-state index contributed by atoms with van der Waals surface area (Å²) >= 11 is 0. The fourth-order valence-corrected chi connectivity index (χ4v) is 6.11. The van der Waals surface area contributed by atoms with Crippen LogP contribution in [0.25, 0.3) is 0 Å². The Morgan fingerprint density at radius 2 is 2.00 bits per heavy atom. The Balaban J connectivity index is 1.24. The summed E-state index contributed by atoms with van der Waals surface area (Å²) in [7, 11) is 0. The minimum atomic E-state index is -0.0949. The number of nitrogens with zero attached hydrogens (tertiary/aromatic N) is 4. The predicted octanol–water partition coefficient (Wildman–Crippen LogP) is 2.97. The zero-order chi connectivity index (χ0) is 21.7. The van der Waals surface area contributed by atoms with Crippen molar-refractivity contribution in [3.05, 3.63) is 57.5 Å². The Kier molecular flexibility index (Phi) is 4.90. The molecule has 0 unspecified atom stereocenters. The Hall–Kier alpha value is -2.54. The van der Waals surface area contributed by atoms with Crippen LogP contribution >= 0.6 is 0 Å². The molecule has 6 rings (SSSR count). The number of rotatable bonds is 4. The molecule has 0 radical (unpaired) electrons. The zero-order valence-corrected chi connectivity index (χ0v) is 18.6. The predicted molar refractivity (Wildman–Crippen MR) is 120 cm³/mol. The molecular weight excluding hydrogens is 402 g/mol. The fourth-order valence-electron chi connectivity index (χ4n) is 6.11. The van der Waals surface area contributed by atoms with Crippen molar-refractivity contribution < 1.29 is 4.79 Å². The van der Waals surface area contributed by atoms with E-state index in [1.807, 2.05) is 29.4 Å². The Labute approximate surface area is 188 Å². The molecule has 1 amide bonds. The normalized spacial score (nSPS) is 26.4. The second-order valence-corrected chi connectivity index (χ2v) is 10.2. The number of carbonyl (C=O) groups excluding carboxylic acids is 1. The molecule has 7 heteroatoms. The average Bonchev–Trinajstić information content (AvgIpc) is 3.56. The summed E-state index contributed by atoms with van der Waals surface area (Å²) < 4.78 is 0. The third-order valence-electron chi connectivity index (χ3n) is 8.27. The van der Waals surface area contributed by atoms with Crippen LogP contribution in [0, 0.1) is 11.3 Å². The zero-order valence-electron chi connectivity index (χ0n) is 18.6. The molecular formula is C25H31N5O2. The van der Waals surface area contributed by atoms with Gasteiger partial charge in [0.15, 0.2) is 0 Å². The molecule has 7 nitrogen and oxygen atoms in total. The van der Waals surface area contributed by atoms with Crippen molar-refractivity contribution in [1.29, 1.82) is 0 Å². The first kappa shape index (κ1) is 20.1. The van der Waals surface area contributed by atoms with E-state index in [9.17, 15) is 9.59 Å². The van der Waals surface area contributed by atoms with Crippen LogP contribution in [-0.2, 0) is 24.3 Å². The maximum absolute atomic E-state index is 13.4. The van der Waals surface area contributed by atoms with E-state index in [-0.39, 0.29) is 17.5 Å². The van der Waals surface area contributed by atoms with Crippen molar-refractivity contribution in [2.24, 2.45) is 11.3 Å². The molecule has 1 spiro atoms. The summed E-state index contributed by atoms with van der Waals surface area (Å²) in [4.78, 5) is 42.8. The van der Waals surface area contributed by atoms with Crippen LogP contribution in [-0.4, -0.2) is 43.7 Å². The summed E-state index contributed by atoms with van der Waals surface area (Å²) in [5, 5.41) is 0. The van der Waals surface area contributed by atoms with Gasteiger partial charge in [-0.1, -0.05) is 6.42 Å². The van der Waals surface area contributed by atoms with Crippen molar-refractivity contribution in [2.45, 2.75) is 70.5 Å². The van der Waals surface area contributed by atoms with E-state index in [1.165, 1.54) is 24.8 Å². The van der Waals surface area contributed by atoms with Gasteiger partial charge in [0.25, 0.3) is 5.56 Å². The molecule has 2 aromatic rings. The molecule has 168 valence electrons. The number of hydrogen-bond donors (Lipinski definition) is 1. The number of pyridine rings is 1. The van der Waals surface area contributed by atoms with E-state index in [1.54, 1.807) is 0 Å². The van der Waals surface area contributed by atoms with Crippen LogP contribution in [0.15, 0.2) is 29.3 Å². The summed E-state index contributed by atoms with van der Waals surface area (Å²) in [6.45, 7) is 3.12. The molecule has 2 aliphatic carbocycles. The average molecular weight is 434 g/mol. The summed E-state index contributed by atoms with van der Waals surface area (Å²) in [6, 6.07) is 3.97. The highest BCUT2D eigenvalue weighted by Crippen LogP contribution is 2.66. The molecule has 1 N–H and O–H groups in total. The van der Waals surface area contributed by atoms with Gasteiger partial charge in [-0.05, 0) is 68.1 Å². The van der Waals surface area contributed by atoms with Crippen molar-refractivity contribution in [1.82, 2.24) is 24.8 Å². The number of piperidine rings is 1. The van der Waals surface area contributed by atoms with Crippen LogP contribution in [0.2, 0.25) is 0 Å². The highest BCUT2D eigenvalue weighted by Gasteiger charge is 2.62. The van der Waals surface area contributed by atoms with Gasteiger partial charge in [-0.2, -0.15) is 0 Å². The molecule has 4 heterocycles. The standard InChI is InChI=1S/C25H31N5O2/c31-23-18-7-13-29(15-17-5-10-26-11-6-17)16-20(18)27-22(28-23)21-4-1-2-12-30(21)24(32)19-14-25(19)8-3-9-25/h5-6,10-11,19,21H,1-4,7-9,12-16H2,(H,27,28,31)/t19-,21-/m0/s1. The number of fused-ring (bicyclic) bond motifs is 1. The number of aromatic nitrogens is 3. The van der Waals surface area contributed by atoms with Crippen LogP contribution in [0.4, 0.5) is 0 Å². The summed E-state index contributed by atoms with van der Waals surface area (Å²) in [5.74, 6) is 1.20. The van der Waals surface area contributed by atoms with Gasteiger partial charge >= 0.3 is 0 Å². The molecule has 32 heavy (non-hydrogen) atoms. The Morgan fingerprint density at radius 1 is 1.16 bits per heavy atom. The maximum Gasteiger partial charge on any atom is 0.254 e. The monoisotopic (exact) mass is 433 g/mol. The smallest absolute Gasteiger partial charge is 0.254 e. The van der Waals surface area contributed by atoms with Gasteiger partial charge in [0.05, 0.1) is 11.7 Å². The number of nitrogens with one attached hydrogen (secondary N) is 1. The molecule has 3 fully saturated rings. The SMILES string of the molecule is O=C([C@@H]1CC12CCC2)N1CCCC[C@H]1c1nc2c(c(=O)[nH]1)CCN(Cc1ccncc1)C2. The number of likely N-dealkylation sites (tertiary alicyclic amines) is 1. The van der Waals surface area contributed by atoms with Crippen LogP contribution in [0.3, 0.4) is 0 Å². The number of hydrogen-bond acceptors (Lipinski definition) is 5. The first-order chi connectivity index (χ1) is 15.6. The highest BCUT2D eigenvalue weighted by atomic mass is 16.2. The minimum absolute atomic E-state index is 0.0200. The molecule has 2 aliphatic heterocycles. The van der Waals surface area contributed by atoms with E-state index >= 15 is 0 Å². The molecule has 2 atom stereocenters. The van der Waals surface area contributed by atoms with Gasteiger partial charge in [-0.25, -0.2) is 4.98 Å². The molecule has 1 saturated heterocycles. The number of H-pyrrole nitrogens is 1. The van der Waals surface area contributed by atoms with Crippen LogP contribution in [0.1, 0.15) is 73.6 Å². The highest BCUT2D eigenvalue weighted by molar-refractivity contribution is 5.83. The van der Waals surface area contributed by atoms with Gasteiger partial charge < -0.3 is 9.88 Å². The van der Waals surface area contributed by atoms with Crippen LogP contribution < -0.4 is 5.56 Å². The van der Waals surface area contributed by atoms with Crippen LogP contribution in [0.5, 0.6) is 0 Å². The van der Waals surface area contributed by atoms with E-state index in [4.69, 9.17) is 4.98 Å². The topological polar surface area (TPSA) is 82.2 Å². The van der Waals surface area contributed by atoms with Crippen molar-refractivity contribution >= 4 is 5.91 Å². The first-order valence-electron chi connectivity index (χ1n) is 12.2. The lowest BCUT2D eigenvalue weighted by Gasteiger charge is -2.37. The van der Waals surface area contributed by atoms with E-state index in [0.717, 1.165) is 56.6 Å². The fraction of sp³-hybridized carbons (Fsp3) is 0.600. The van der Waals surface area contributed by atoms with Gasteiger partial charge in [0, 0.05) is 50.1 Å². The quantitative estimate of drug-likeness (QED) is 0.802. The second kappa shape index (κ2) is 7.80.